The zero-order valence-corrected chi connectivity index (χ0v) is 8.47. The largest absolute Gasteiger partial charge is 0.504 e. The summed E-state index contributed by atoms with van der Waals surface area (Å²) >= 11 is 0. The summed E-state index contributed by atoms with van der Waals surface area (Å²) in [6, 6.07) is 10.8. The molecule has 0 fully saturated rings. The Bertz CT molecular complexity index is 561. The molecular weight excluding hydrogens is 204 g/mol. The Morgan fingerprint density at radius 2 is 1.81 bits per heavy atom. The lowest BCUT2D eigenvalue weighted by Gasteiger charge is -2.21. The van der Waals surface area contributed by atoms with Gasteiger partial charge in [0.25, 0.3) is 0 Å². The van der Waals surface area contributed by atoms with Crippen LogP contribution in [-0.2, 0) is 6.61 Å². The van der Waals surface area contributed by atoms with Crippen LogP contribution in [-0.4, -0.2) is 10.2 Å². The number of hydrogen-bond acceptors (Lipinski definition) is 3. The van der Waals surface area contributed by atoms with Crippen LogP contribution in [0.15, 0.2) is 36.4 Å². The molecule has 1 heterocycles. The SMILES string of the molecule is Oc1ccc2c(c1O)-c1ccccc1CO2. The van der Waals surface area contributed by atoms with Crippen molar-refractivity contribution in [1.82, 2.24) is 0 Å². The number of hydrogen-bond donors (Lipinski definition) is 2. The molecule has 3 nitrogen and oxygen atoms in total. The molecule has 0 spiro atoms. The standard InChI is InChI=1S/C13H10O3/c14-10-5-6-11-12(13(10)15)9-4-2-1-3-8(9)7-16-11/h1-6,14-15H,7H2. The lowest BCUT2D eigenvalue weighted by atomic mass is 9.96. The van der Waals surface area contributed by atoms with Crippen LogP contribution in [0, 0.1) is 0 Å². The Morgan fingerprint density at radius 3 is 2.69 bits per heavy atom. The molecule has 1 aliphatic heterocycles. The summed E-state index contributed by atoms with van der Waals surface area (Å²) in [5.41, 5.74) is 2.50. The minimum Gasteiger partial charge on any atom is -0.504 e. The fourth-order valence-corrected chi connectivity index (χ4v) is 1.99. The van der Waals surface area contributed by atoms with Gasteiger partial charge in [0, 0.05) is 0 Å². The zero-order chi connectivity index (χ0) is 11.1. The number of ether oxygens (including phenoxy) is 1. The molecule has 0 saturated heterocycles. The van der Waals surface area contributed by atoms with Crippen molar-refractivity contribution in [3.05, 3.63) is 42.0 Å². The number of phenolic OH excluding ortho intramolecular Hbond substituents is 2. The predicted octanol–water partition coefficient (Wildman–Crippen LogP) is 2.66. The average Bonchev–Trinajstić information content (AvgIpc) is 2.33. The second-order valence-electron chi connectivity index (χ2n) is 3.75. The first-order valence-corrected chi connectivity index (χ1v) is 5.03. The van der Waals surface area contributed by atoms with E-state index in [4.69, 9.17) is 4.74 Å². The van der Waals surface area contributed by atoms with Crippen LogP contribution in [0.1, 0.15) is 5.56 Å². The fraction of sp³-hybridized carbons (Fsp3) is 0.0769. The van der Waals surface area contributed by atoms with E-state index in [1.165, 1.54) is 6.07 Å². The molecule has 1 aliphatic rings. The lowest BCUT2D eigenvalue weighted by molar-refractivity contribution is 0.298. The molecule has 3 rings (SSSR count). The summed E-state index contributed by atoms with van der Waals surface area (Å²) in [5.74, 6) is 0.359. The van der Waals surface area contributed by atoms with E-state index in [0.717, 1.165) is 11.1 Å². The normalized spacial score (nSPS) is 12.5. The molecular formula is C13H10O3. The molecule has 0 atom stereocenters. The van der Waals surface area contributed by atoms with Gasteiger partial charge in [-0.2, -0.15) is 0 Å². The summed E-state index contributed by atoms with van der Waals surface area (Å²) in [5, 5.41) is 19.4. The van der Waals surface area contributed by atoms with Gasteiger partial charge in [-0.1, -0.05) is 24.3 Å². The molecule has 3 heteroatoms. The van der Waals surface area contributed by atoms with Gasteiger partial charge in [-0.05, 0) is 23.3 Å². The van der Waals surface area contributed by atoms with Crippen LogP contribution in [0.4, 0.5) is 0 Å². The Hall–Kier alpha value is -2.16. The highest BCUT2D eigenvalue weighted by Crippen LogP contribution is 2.46. The fourth-order valence-electron chi connectivity index (χ4n) is 1.99. The second kappa shape index (κ2) is 3.17. The minimum atomic E-state index is -0.126. The highest BCUT2D eigenvalue weighted by molar-refractivity contribution is 5.82. The van der Waals surface area contributed by atoms with Gasteiger partial charge in [-0.3, -0.25) is 0 Å². The van der Waals surface area contributed by atoms with Gasteiger partial charge in [0.05, 0.1) is 5.56 Å². The second-order valence-corrected chi connectivity index (χ2v) is 3.75. The van der Waals surface area contributed by atoms with E-state index in [-0.39, 0.29) is 11.5 Å². The Kier molecular flexibility index (Phi) is 1.80. The van der Waals surface area contributed by atoms with Crippen LogP contribution in [0.25, 0.3) is 11.1 Å². The maximum Gasteiger partial charge on any atom is 0.169 e. The summed E-state index contributed by atoms with van der Waals surface area (Å²) in [7, 11) is 0. The van der Waals surface area contributed by atoms with E-state index in [2.05, 4.69) is 0 Å². The summed E-state index contributed by atoms with van der Waals surface area (Å²) < 4.78 is 5.51. The molecule has 2 aromatic rings. The van der Waals surface area contributed by atoms with Crippen LogP contribution < -0.4 is 4.74 Å². The topological polar surface area (TPSA) is 49.7 Å². The smallest absolute Gasteiger partial charge is 0.169 e. The van der Waals surface area contributed by atoms with Gasteiger partial charge in [0.15, 0.2) is 11.5 Å². The van der Waals surface area contributed by atoms with Gasteiger partial charge in [-0.25, -0.2) is 0 Å². The third-order valence-corrected chi connectivity index (χ3v) is 2.79. The van der Waals surface area contributed by atoms with Crippen molar-refractivity contribution >= 4 is 0 Å². The van der Waals surface area contributed by atoms with Gasteiger partial charge in [0.2, 0.25) is 0 Å². The minimum absolute atomic E-state index is 0.121. The first kappa shape index (κ1) is 9.09. The van der Waals surface area contributed by atoms with Crippen molar-refractivity contribution in [3.8, 4) is 28.4 Å². The lowest BCUT2D eigenvalue weighted by Crippen LogP contribution is -2.05. The van der Waals surface area contributed by atoms with Gasteiger partial charge in [-0.15, -0.1) is 0 Å². The number of rotatable bonds is 0. The zero-order valence-electron chi connectivity index (χ0n) is 8.47. The van der Waals surface area contributed by atoms with E-state index in [9.17, 15) is 10.2 Å². The van der Waals surface area contributed by atoms with Gasteiger partial charge in [0.1, 0.15) is 12.4 Å². The van der Waals surface area contributed by atoms with E-state index in [1.54, 1.807) is 6.07 Å². The molecule has 2 aromatic carbocycles. The van der Waals surface area contributed by atoms with E-state index >= 15 is 0 Å². The molecule has 0 amide bonds. The van der Waals surface area contributed by atoms with Gasteiger partial charge < -0.3 is 14.9 Å². The molecule has 0 unspecified atom stereocenters. The predicted molar refractivity (Wildman–Crippen MR) is 59.5 cm³/mol. The van der Waals surface area contributed by atoms with E-state index in [1.807, 2.05) is 24.3 Å². The highest BCUT2D eigenvalue weighted by atomic mass is 16.5. The maximum absolute atomic E-state index is 9.86. The summed E-state index contributed by atoms with van der Waals surface area (Å²) in [4.78, 5) is 0. The van der Waals surface area contributed by atoms with E-state index in [0.29, 0.717) is 17.9 Å². The summed E-state index contributed by atoms with van der Waals surface area (Å²) in [6.07, 6.45) is 0. The third kappa shape index (κ3) is 1.15. The van der Waals surface area contributed by atoms with Crippen molar-refractivity contribution in [2.45, 2.75) is 6.61 Å². The average molecular weight is 214 g/mol. The molecule has 0 radical (unpaired) electrons. The van der Waals surface area contributed by atoms with Gasteiger partial charge >= 0.3 is 0 Å². The van der Waals surface area contributed by atoms with Crippen molar-refractivity contribution in [3.63, 3.8) is 0 Å². The number of aromatic hydroxyl groups is 2. The Balaban J connectivity index is 2.34. The van der Waals surface area contributed by atoms with Crippen LogP contribution >= 0.6 is 0 Å². The first-order valence-electron chi connectivity index (χ1n) is 5.03. The van der Waals surface area contributed by atoms with Crippen LogP contribution in [0.2, 0.25) is 0 Å². The number of benzene rings is 2. The highest BCUT2D eigenvalue weighted by Gasteiger charge is 2.21. The third-order valence-electron chi connectivity index (χ3n) is 2.79. The maximum atomic E-state index is 9.86. The van der Waals surface area contributed by atoms with E-state index < -0.39 is 0 Å². The summed E-state index contributed by atoms with van der Waals surface area (Å²) in [6.45, 7) is 0.493. The number of phenols is 2. The Labute approximate surface area is 92.5 Å². The Morgan fingerprint density at radius 1 is 1.00 bits per heavy atom. The van der Waals surface area contributed by atoms with Crippen molar-refractivity contribution in [2.75, 3.05) is 0 Å². The van der Waals surface area contributed by atoms with Crippen LogP contribution in [0.3, 0.4) is 0 Å². The molecule has 0 saturated carbocycles. The first-order chi connectivity index (χ1) is 7.77. The van der Waals surface area contributed by atoms with Crippen molar-refractivity contribution < 1.29 is 14.9 Å². The monoisotopic (exact) mass is 214 g/mol. The number of fused-ring (bicyclic) bond motifs is 3. The molecule has 0 bridgehead atoms. The van der Waals surface area contributed by atoms with Crippen molar-refractivity contribution in [1.29, 1.82) is 0 Å². The molecule has 16 heavy (non-hydrogen) atoms. The molecule has 0 aliphatic carbocycles. The van der Waals surface area contributed by atoms with Crippen molar-refractivity contribution in [2.24, 2.45) is 0 Å². The molecule has 0 aromatic heterocycles. The molecule has 2 N–H and O–H groups in total. The quantitative estimate of drug-likeness (QED) is 0.663. The van der Waals surface area contributed by atoms with Crippen LogP contribution in [0.5, 0.6) is 17.2 Å². The molecule has 80 valence electrons.